The van der Waals surface area contributed by atoms with Crippen LogP contribution in [0.1, 0.15) is 25.7 Å². The number of rotatable bonds is 3. The van der Waals surface area contributed by atoms with E-state index in [1.165, 1.54) is 50.1 Å². The van der Waals surface area contributed by atoms with Crippen LogP contribution in [0.3, 0.4) is 0 Å². The zero-order valence-electron chi connectivity index (χ0n) is 12.3. The van der Waals surface area contributed by atoms with Gasteiger partial charge in [0.15, 0.2) is 15.7 Å². The van der Waals surface area contributed by atoms with E-state index in [0.717, 1.165) is 24.5 Å². The first kappa shape index (κ1) is 15.1. The van der Waals surface area contributed by atoms with Gasteiger partial charge in [-0.25, -0.2) is 8.42 Å². The molecule has 8 heteroatoms. The summed E-state index contributed by atoms with van der Waals surface area (Å²) in [7, 11) is -3.33. The Morgan fingerprint density at radius 3 is 2.62 bits per heavy atom. The van der Waals surface area contributed by atoms with Crippen LogP contribution in [0, 0.1) is 0 Å². The molecule has 0 saturated carbocycles. The lowest BCUT2D eigenvalue weighted by molar-refractivity contribution is 0.175. The normalized spacial score (nSPS) is 24.6. The maximum Gasteiger partial charge on any atom is 0.182 e. The molecule has 2 saturated heterocycles. The molecule has 3 heterocycles. The van der Waals surface area contributed by atoms with E-state index >= 15 is 0 Å². The minimum absolute atomic E-state index is 0.138. The Morgan fingerprint density at radius 2 is 1.95 bits per heavy atom. The third-order valence-electron chi connectivity index (χ3n) is 4.39. The molecule has 3 rings (SSSR count). The van der Waals surface area contributed by atoms with Crippen molar-refractivity contribution in [2.45, 2.75) is 36.6 Å². The molecule has 0 spiro atoms. The zero-order valence-corrected chi connectivity index (χ0v) is 13.9. The van der Waals surface area contributed by atoms with Gasteiger partial charge in [-0.15, -0.1) is 0 Å². The molecule has 2 N–H and O–H groups in total. The molecule has 2 aliphatic heterocycles. The number of sulfone groups is 1. The van der Waals surface area contributed by atoms with Crippen molar-refractivity contribution in [1.82, 2.24) is 9.27 Å². The molecule has 0 bridgehead atoms. The number of likely N-dealkylation sites (tertiary alicyclic amines) is 1. The minimum Gasteiger partial charge on any atom is -0.382 e. The van der Waals surface area contributed by atoms with Crippen molar-refractivity contribution in [3.63, 3.8) is 0 Å². The Balaban J connectivity index is 1.77. The van der Waals surface area contributed by atoms with Crippen LogP contribution in [-0.2, 0) is 9.84 Å². The third kappa shape index (κ3) is 3.02. The molecular weight excluding hydrogens is 308 g/mol. The van der Waals surface area contributed by atoms with E-state index < -0.39 is 9.84 Å². The molecule has 2 fully saturated rings. The van der Waals surface area contributed by atoms with Crippen LogP contribution in [0.15, 0.2) is 4.90 Å². The molecule has 21 heavy (non-hydrogen) atoms. The number of nitrogen functional groups attached to an aromatic ring is 1. The van der Waals surface area contributed by atoms with Crippen molar-refractivity contribution >= 4 is 32.2 Å². The summed E-state index contributed by atoms with van der Waals surface area (Å²) in [6.07, 6.45) is 6.17. The monoisotopic (exact) mass is 330 g/mol. The Hall–Kier alpha value is -0.860. The molecule has 1 atom stereocenters. The summed E-state index contributed by atoms with van der Waals surface area (Å²) in [6.45, 7) is 4.10. The summed E-state index contributed by atoms with van der Waals surface area (Å²) in [5.41, 5.74) is 5.76. The van der Waals surface area contributed by atoms with Gasteiger partial charge in [-0.05, 0) is 43.9 Å². The van der Waals surface area contributed by atoms with Gasteiger partial charge in [0, 0.05) is 25.4 Å². The van der Waals surface area contributed by atoms with Crippen LogP contribution in [0.5, 0.6) is 0 Å². The first-order chi connectivity index (χ1) is 9.97. The second-order valence-electron chi connectivity index (χ2n) is 5.96. The fourth-order valence-corrected chi connectivity index (χ4v) is 5.58. The standard InChI is InChI=1S/C13H22N4O2S2/c1-21(18,19)11-12(14)15-20-13(11)17-8-5-10(9-17)16-6-3-2-4-7-16/h10H,2-9H2,1H3,(H2,14,15). The van der Waals surface area contributed by atoms with Gasteiger partial charge < -0.3 is 10.6 Å². The van der Waals surface area contributed by atoms with E-state index in [1.54, 1.807) is 0 Å². The van der Waals surface area contributed by atoms with Gasteiger partial charge in [0.1, 0.15) is 9.90 Å². The van der Waals surface area contributed by atoms with E-state index in [2.05, 4.69) is 14.2 Å². The first-order valence-electron chi connectivity index (χ1n) is 7.41. The Labute approximate surface area is 130 Å². The van der Waals surface area contributed by atoms with Gasteiger partial charge >= 0.3 is 0 Å². The molecule has 2 aliphatic rings. The average molecular weight is 330 g/mol. The van der Waals surface area contributed by atoms with Crippen LogP contribution < -0.4 is 10.6 Å². The number of nitrogens with zero attached hydrogens (tertiary/aromatic N) is 3. The predicted molar refractivity (Wildman–Crippen MR) is 85.7 cm³/mol. The molecule has 0 amide bonds. The van der Waals surface area contributed by atoms with E-state index in [0.29, 0.717) is 6.04 Å². The SMILES string of the molecule is CS(=O)(=O)c1c(N)nsc1N1CCC(N2CCCCC2)C1. The largest absolute Gasteiger partial charge is 0.382 e. The van der Waals surface area contributed by atoms with Gasteiger partial charge in [-0.3, -0.25) is 4.90 Å². The number of anilines is 2. The number of aromatic nitrogens is 1. The van der Waals surface area contributed by atoms with E-state index in [1.807, 2.05) is 0 Å². The van der Waals surface area contributed by atoms with Crippen LogP contribution in [-0.4, -0.2) is 56.2 Å². The van der Waals surface area contributed by atoms with Gasteiger partial charge in [-0.2, -0.15) is 4.37 Å². The van der Waals surface area contributed by atoms with Crippen molar-refractivity contribution in [3.8, 4) is 0 Å². The molecule has 1 aromatic heterocycles. The highest BCUT2D eigenvalue weighted by Gasteiger charge is 2.33. The van der Waals surface area contributed by atoms with Crippen molar-refractivity contribution in [1.29, 1.82) is 0 Å². The number of nitrogens with two attached hydrogens (primary N) is 1. The molecule has 0 radical (unpaired) electrons. The summed E-state index contributed by atoms with van der Waals surface area (Å²) in [5, 5.41) is 0.717. The lowest BCUT2D eigenvalue weighted by Crippen LogP contribution is -2.40. The molecule has 6 nitrogen and oxygen atoms in total. The van der Waals surface area contributed by atoms with Crippen molar-refractivity contribution in [2.24, 2.45) is 0 Å². The summed E-state index contributed by atoms with van der Waals surface area (Å²) in [5.74, 6) is 0.138. The third-order valence-corrected chi connectivity index (χ3v) is 6.58. The van der Waals surface area contributed by atoms with Crippen molar-refractivity contribution in [2.75, 3.05) is 43.1 Å². The molecule has 118 valence electrons. The van der Waals surface area contributed by atoms with Crippen LogP contribution in [0.4, 0.5) is 10.8 Å². The predicted octanol–water partition coefficient (Wildman–Crippen LogP) is 1.19. The highest BCUT2D eigenvalue weighted by atomic mass is 32.2. The topological polar surface area (TPSA) is 79.5 Å². The summed E-state index contributed by atoms with van der Waals surface area (Å²) >= 11 is 1.20. The average Bonchev–Trinajstić information content (AvgIpc) is 3.05. The fourth-order valence-electron chi connectivity index (χ4n) is 3.34. The second-order valence-corrected chi connectivity index (χ2v) is 8.66. The van der Waals surface area contributed by atoms with Crippen molar-refractivity contribution in [3.05, 3.63) is 0 Å². The van der Waals surface area contributed by atoms with Crippen LogP contribution in [0.25, 0.3) is 0 Å². The minimum atomic E-state index is -3.33. The molecule has 0 aliphatic carbocycles. The molecule has 0 aromatic carbocycles. The summed E-state index contributed by atoms with van der Waals surface area (Å²) in [6, 6.07) is 0.529. The quantitative estimate of drug-likeness (QED) is 0.897. The van der Waals surface area contributed by atoms with Gasteiger partial charge in [0.25, 0.3) is 0 Å². The number of hydrogen-bond acceptors (Lipinski definition) is 7. The first-order valence-corrected chi connectivity index (χ1v) is 10.1. The fraction of sp³-hybridized carbons (Fsp3) is 0.769. The molecule has 1 aromatic rings. The van der Waals surface area contributed by atoms with E-state index in [4.69, 9.17) is 5.73 Å². The van der Waals surface area contributed by atoms with Crippen molar-refractivity contribution < 1.29 is 8.42 Å². The number of piperidine rings is 1. The second kappa shape index (κ2) is 5.73. The van der Waals surface area contributed by atoms with Gasteiger partial charge in [0.2, 0.25) is 0 Å². The molecule has 1 unspecified atom stereocenters. The molecular formula is C13H22N4O2S2. The van der Waals surface area contributed by atoms with Gasteiger partial charge in [-0.1, -0.05) is 6.42 Å². The van der Waals surface area contributed by atoms with Gasteiger partial charge in [0.05, 0.1) is 0 Å². The maximum atomic E-state index is 11.9. The van der Waals surface area contributed by atoms with Crippen LogP contribution >= 0.6 is 11.5 Å². The smallest absolute Gasteiger partial charge is 0.182 e. The Morgan fingerprint density at radius 1 is 1.24 bits per heavy atom. The summed E-state index contributed by atoms with van der Waals surface area (Å²) in [4.78, 5) is 4.91. The van der Waals surface area contributed by atoms with E-state index in [-0.39, 0.29) is 10.7 Å². The zero-order chi connectivity index (χ0) is 15.0. The number of hydrogen-bond donors (Lipinski definition) is 1. The Bertz CT molecular complexity index is 608. The lowest BCUT2D eigenvalue weighted by atomic mass is 10.1. The Kier molecular flexibility index (Phi) is 4.11. The van der Waals surface area contributed by atoms with Crippen LogP contribution in [0.2, 0.25) is 0 Å². The van der Waals surface area contributed by atoms with E-state index in [9.17, 15) is 8.42 Å². The maximum absolute atomic E-state index is 11.9. The summed E-state index contributed by atoms with van der Waals surface area (Å²) < 4.78 is 27.9. The highest BCUT2D eigenvalue weighted by Crippen LogP contribution is 2.37. The lowest BCUT2D eigenvalue weighted by Gasteiger charge is -2.32. The highest BCUT2D eigenvalue weighted by molar-refractivity contribution is 7.91.